The summed E-state index contributed by atoms with van der Waals surface area (Å²) in [7, 11) is 0. The average molecular weight is 157 g/mol. The molecule has 0 radical (unpaired) electrons. The molecule has 0 saturated carbocycles. The van der Waals surface area contributed by atoms with Crippen LogP contribution in [0.2, 0.25) is 0 Å². The molecule has 1 nitrogen and oxygen atoms in total. The Balaban J connectivity index is 2.80. The highest BCUT2D eigenvalue weighted by atomic mass is 35.5. The number of halogens is 1. The number of Topliss-reactive ketones (excluding diaryl/α,β-unsaturated/α-hetero) is 1. The smallest absolute Gasteiger partial charge is 0.157 e. The van der Waals surface area contributed by atoms with Crippen molar-refractivity contribution in [3.8, 4) is 0 Å². The number of carbonyl (C=O) groups excluding carboxylic acids is 1. The van der Waals surface area contributed by atoms with Gasteiger partial charge in [-0.05, 0) is 13.3 Å². The fraction of sp³-hybridized carbons (Fsp3) is 0.375. The number of ketones is 1. The van der Waals surface area contributed by atoms with Gasteiger partial charge in [0.15, 0.2) is 5.78 Å². The number of hydrogen-bond acceptors (Lipinski definition) is 1. The third kappa shape index (κ3) is 1.48. The first-order valence-electron chi connectivity index (χ1n) is 3.23. The predicted molar refractivity (Wildman–Crippen MR) is 42.2 cm³/mol. The molecule has 1 unspecified atom stereocenters. The highest BCUT2D eigenvalue weighted by molar-refractivity contribution is 6.25. The molecule has 0 aromatic carbocycles. The van der Waals surface area contributed by atoms with Crippen LogP contribution in [0.5, 0.6) is 0 Å². The Hall–Kier alpha value is -0.560. The molecule has 2 heteroatoms. The van der Waals surface area contributed by atoms with E-state index in [1.54, 1.807) is 13.0 Å². The topological polar surface area (TPSA) is 17.1 Å². The number of hydrogen-bond donors (Lipinski definition) is 0. The minimum absolute atomic E-state index is 0.0735. The molecular formula is C8H9ClO. The molecule has 0 bridgehead atoms. The average Bonchev–Trinajstić information content (AvgIpc) is 1.88. The summed E-state index contributed by atoms with van der Waals surface area (Å²) in [6.45, 7) is 1.54. The van der Waals surface area contributed by atoms with Gasteiger partial charge in [-0.1, -0.05) is 18.2 Å². The molecule has 0 aromatic rings. The molecule has 0 fully saturated rings. The molecule has 0 aromatic heterocycles. The van der Waals surface area contributed by atoms with E-state index in [1.807, 2.05) is 12.2 Å². The molecule has 1 aliphatic carbocycles. The van der Waals surface area contributed by atoms with E-state index in [4.69, 9.17) is 11.6 Å². The SMILES string of the molecule is CC(=O)C1=CC=CCC1Cl. The first-order valence-corrected chi connectivity index (χ1v) is 3.67. The number of allylic oxidation sites excluding steroid dienone is 4. The molecule has 1 atom stereocenters. The lowest BCUT2D eigenvalue weighted by molar-refractivity contribution is -0.113. The van der Waals surface area contributed by atoms with Gasteiger partial charge in [0.1, 0.15) is 0 Å². The molecule has 0 aliphatic heterocycles. The van der Waals surface area contributed by atoms with Crippen molar-refractivity contribution in [2.45, 2.75) is 18.7 Å². The second kappa shape index (κ2) is 3.02. The zero-order valence-corrected chi connectivity index (χ0v) is 6.56. The number of alkyl halides is 1. The van der Waals surface area contributed by atoms with Gasteiger partial charge in [0.05, 0.1) is 5.38 Å². The first-order chi connectivity index (χ1) is 4.72. The van der Waals surface area contributed by atoms with Crippen molar-refractivity contribution >= 4 is 17.4 Å². The Bertz CT molecular complexity index is 203. The minimum atomic E-state index is -0.109. The molecule has 0 heterocycles. The predicted octanol–water partition coefficient (Wildman–Crippen LogP) is 2.07. The van der Waals surface area contributed by atoms with Crippen molar-refractivity contribution in [2.75, 3.05) is 0 Å². The Morgan fingerprint density at radius 1 is 1.80 bits per heavy atom. The van der Waals surface area contributed by atoms with E-state index in [-0.39, 0.29) is 11.2 Å². The summed E-state index contributed by atoms with van der Waals surface area (Å²) in [6.07, 6.45) is 6.39. The lowest BCUT2D eigenvalue weighted by Crippen LogP contribution is -2.11. The van der Waals surface area contributed by atoms with Crippen LogP contribution in [0.4, 0.5) is 0 Å². The summed E-state index contributed by atoms with van der Waals surface area (Å²) in [4.78, 5) is 10.8. The van der Waals surface area contributed by atoms with E-state index in [2.05, 4.69) is 0 Å². The second-order valence-corrected chi connectivity index (χ2v) is 2.84. The van der Waals surface area contributed by atoms with Crippen LogP contribution in [0.3, 0.4) is 0 Å². The Morgan fingerprint density at radius 3 is 2.90 bits per heavy atom. The summed E-state index contributed by atoms with van der Waals surface area (Å²) in [5.74, 6) is 0.0735. The largest absolute Gasteiger partial charge is 0.295 e. The van der Waals surface area contributed by atoms with Gasteiger partial charge in [-0.2, -0.15) is 0 Å². The normalized spacial score (nSPS) is 24.2. The van der Waals surface area contributed by atoms with E-state index in [9.17, 15) is 4.79 Å². The van der Waals surface area contributed by atoms with Crippen LogP contribution in [-0.4, -0.2) is 11.2 Å². The van der Waals surface area contributed by atoms with Gasteiger partial charge in [0.25, 0.3) is 0 Å². The molecule has 0 saturated heterocycles. The first kappa shape index (κ1) is 7.55. The van der Waals surface area contributed by atoms with Crippen LogP contribution in [0.25, 0.3) is 0 Å². The molecule has 0 N–H and O–H groups in total. The van der Waals surface area contributed by atoms with Gasteiger partial charge in [0, 0.05) is 5.57 Å². The van der Waals surface area contributed by atoms with Crippen LogP contribution >= 0.6 is 11.6 Å². The Morgan fingerprint density at radius 2 is 2.50 bits per heavy atom. The van der Waals surface area contributed by atoms with Crippen molar-refractivity contribution in [3.63, 3.8) is 0 Å². The van der Waals surface area contributed by atoms with Gasteiger partial charge in [-0.15, -0.1) is 11.6 Å². The van der Waals surface area contributed by atoms with Crippen molar-refractivity contribution in [3.05, 3.63) is 23.8 Å². The highest BCUT2D eigenvalue weighted by Crippen LogP contribution is 2.19. The van der Waals surface area contributed by atoms with E-state index in [0.29, 0.717) is 0 Å². The maximum atomic E-state index is 10.8. The Labute approximate surface area is 65.4 Å². The van der Waals surface area contributed by atoms with Crippen molar-refractivity contribution < 1.29 is 4.79 Å². The summed E-state index contributed by atoms with van der Waals surface area (Å²) < 4.78 is 0. The van der Waals surface area contributed by atoms with Crippen molar-refractivity contribution in [1.29, 1.82) is 0 Å². The summed E-state index contributed by atoms with van der Waals surface area (Å²) >= 11 is 5.84. The summed E-state index contributed by atoms with van der Waals surface area (Å²) in [6, 6.07) is 0. The van der Waals surface area contributed by atoms with Crippen molar-refractivity contribution in [1.82, 2.24) is 0 Å². The zero-order chi connectivity index (χ0) is 7.56. The molecule has 1 rings (SSSR count). The van der Waals surface area contributed by atoms with Crippen LogP contribution < -0.4 is 0 Å². The summed E-state index contributed by atoms with van der Waals surface area (Å²) in [5.41, 5.74) is 0.726. The molecule has 0 amide bonds. The molecule has 54 valence electrons. The van der Waals surface area contributed by atoms with E-state index in [1.165, 1.54) is 0 Å². The fourth-order valence-electron chi connectivity index (χ4n) is 0.939. The Kier molecular flexibility index (Phi) is 2.28. The van der Waals surface area contributed by atoms with Gasteiger partial charge in [-0.25, -0.2) is 0 Å². The highest BCUT2D eigenvalue weighted by Gasteiger charge is 2.14. The van der Waals surface area contributed by atoms with E-state index < -0.39 is 0 Å². The van der Waals surface area contributed by atoms with Crippen LogP contribution in [0.1, 0.15) is 13.3 Å². The second-order valence-electron chi connectivity index (χ2n) is 2.31. The molecular weight excluding hydrogens is 148 g/mol. The van der Waals surface area contributed by atoms with Gasteiger partial charge in [-0.3, -0.25) is 4.79 Å². The third-order valence-corrected chi connectivity index (χ3v) is 1.91. The monoisotopic (exact) mass is 156 g/mol. The van der Waals surface area contributed by atoms with Gasteiger partial charge >= 0.3 is 0 Å². The lowest BCUT2D eigenvalue weighted by Gasteiger charge is -2.11. The van der Waals surface area contributed by atoms with E-state index in [0.717, 1.165) is 12.0 Å². The minimum Gasteiger partial charge on any atom is -0.295 e. The standard InChI is InChI=1S/C8H9ClO/c1-6(10)7-4-2-3-5-8(7)9/h2-4,8H,5H2,1H3. The molecule has 1 aliphatic rings. The number of carbonyl (C=O) groups is 1. The quantitative estimate of drug-likeness (QED) is 0.532. The van der Waals surface area contributed by atoms with E-state index >= 15 is 0 Å². The molecule has 0 spiro atoms. The van der Waals surface area contributed by atoms with Gasteiger partial charge in [0.2, 0.25) is 0 Å². The van der Waals surface area contributed by atoms with Crippen molar-refractivity contribution in [2.24, 2.45) is 0 Å². The zero-order valence-electron chi connectivity index (χ0n) is 5.80. The van der Waals surface area contributed by atoms with Crippen LogP contribution in [-0.2, 0) is 4.79 Å². The number of rotatable bonds is 1. The third-order valence-electron chi connectivity index (χ3n) is 1.50. The lowest BCUT2D eigenvalue weighted by atomic mass is 10.0. The van der Waals surface area contributed by atoms with Gasteiger partial charge < -0.3 is 0 Å². The fourth-order valence-corrected chi connectivity index (χ4v) is 1.27. The maximum Gasteiger partial charge on any atom is 0.157 e. The van der Waals surface area contributed by atoms with Crippen LogP contribution in [0.15, 0.2) is 23.8 Å². The molecule has 10 heavy (non-hydrogen) atoms. The van der Waals surface area contributed by atoms with Crippen LogP contribution in [0, 0.1) is 0 Å². The maximum absolute atomic E-state index is 10.8. The summed E-state index contributed by atoms with van der Waals surface area (Å²) in [5, 5.41) is -0.109.